The van der Waals surface area contributed by atoms with Gasteiger partial charge in [0.25, 0.3) is 16.7 Å². The Morgan fingerprint density at radius 3 is 2.63 bits per heavy atom. The second-order valence-electron chi connectivity index (χ2n) is 8.23. The number of halogens is 1. The lowest BCUT2D eigenvalue weighted by Crippen LogP contribution is -2.37. The van der Waals surface area contributed by atoms with Crippen molar-refractivity contribution >= 4 is 45.9 Å². The van der Waals surface area contributed by atoms with Crippen LogP contribution < -0.4 is 10.9 Å². The monoisotopic (exact) mass is 497 g/mol. The number of H-pyrrole nitrogens is 1. The van der Waals surface area contributed by atoms with Crippen LogP contribution in [0.2, 0.25) is 0 Å². The first-order valence-electron chi connectivity index (χ1n) is 11.0. The average Bonchev–Trinajstić information content (AvgIpc) is 3.24. The van der Waals surface area contributed by atoms with Gasteiger partial charge in [0.15, 0.2) is 0 Å². The van der Waals surface area contributed by atoms with Crippen molar-refractivity contribution in [1.82, 2.24) is 25.0 Å². The van der Waals surface area contributed by atoms with Crippen LogP contribution in [0, 0.1) is 19.7 Å². The number of nitrogens with one attached hydrogen (secondary N) is 2. The van der Waals surface area contributed by atoms with Gasteiger partial charge in [-0.05, 0) is 61.4 Å². The number of hydrogen-bond acceptors (Lipinski definition) is 6. The third-order valence-electron chi connectivity index (χ3n) is 5.86. The molecule has 0 spiro atoms. The Hall–Kier alpha value is -3.73. The molecule has 2 N–H and O–H groups in total. The number of imide groups is 1. The lowest BCUT2D eigenvalue weighted by Gasteiger charge is -2.13. The Kier molecular flexibility index (Phi) is 6.88. The van der Waals surface area contributed by atoms with Crippen molar-refractivity contribution in [1.29, 1.82) is 0 Å². The van der Waals surface area contributed by atoms with Crippen molar-refractivity contribution < 1.29 is 18.8 Å². The summed E-state index contributed by atoms with van der Waals surface area (Å²) in [6.07, 6.45) is 1.87. The molecular formula is C24H24FN5O4S. The SMILES string of the molecule is Cc1nn(C)c2[nH]c(=O)c(CCC(=O)NCCN3C(=O)S/C(=C\c4ccc(F)cc4)C3=O)c(C)c12. The smallest absolute Gasteiger partial charge is 0.293 e. The van der Waals surface area contributed by atoms with Gasteiger partial charge in [-0.1, -0.05) is 12.1 Å². The number of fused-ring (bicyclic) bond motifs is 1. The molecular weight excluding hydrogens is 473 g/mol. The summed E-state index contributed by atoms with van der Waals surface area (Å²) >= 11 is 0.801. The number of amides is 3. The van der Waals surface area contributed by atoms with E-state index in [1.165, 1.54) is 30.3 Å². The van der Waals surface area contributed by atoms with Crippen molar-refractivity contribution in [3.8, 4) is 0 Å². The van der Waals surface area contributed by atoms with Gasteiger partial charge in [0.05, 0.1) is 10.6 Å². The van der Waals surface area contributed by atoms with Crippen molar-refractivity contribution in [3.05, 3.63) is 67.7 Å². The lowest BCUT2D eigenvalue weighted by molar-refractivity contribution is -0.124. The zero-order valence-corrected chi connectivity index (χ0v) is 20.3. The molecule has 2 aromatic heterocycles. The molecule has 35 heavy (non-hydrogen) atoms. The zero-order valence-electron chi connectivity index (χ0n) is 19.5. The van der Waals surface area contributed by atoms with Gasteiger partial charge >= 0.3 is 0 Å². The molecule has 0 aliphatic carbocycles. The lowest BCUT2D eigenvalue weighted by atomic mass is 10.0. The van der Waals surface area contributed by atoms with E-state index >= 15 is 0 Å². The molecule has 1 aromatic carbocycles. The summed E-state index contributed by atoms with van der Waals surface area (Å²) in [7, 11) is 1.76. The predicted molar refractivity (Wildman–Crippen MR) is 131 cm³/mol. The molecule has 0 unspecified atom stereocenters. The molecule has 3 heterocycles. The van der Waals surface area contributed by atoms with Gasteiger partial charge in [-0.15, -0.1) is 0 Å². The summed E-state index contributed by atoms with van der Waals surface area (Å²) in [6, 6.07) is 5.58. The minimum absolute atomic E-state index is 0.0254. The summed E-state index contributed by atoms with van der Waals surface area (Å²) in [5.74, 6) is -1.14. The number of hydrogen-bond donors (Lipinski definition) is 2. The number of aromatic amines is 1. The minimum Gasteiger partial charge on any atom is -0.354 e. The number of carbonyl (C=O) groups is 3. The number of nitrogens with zero attached hydrogens (tertiary/aromatic N) is 3. The molecule has 182 valence electrons. The van der Waals surface area contributed by atoms with Crippen molar-refractivity contribution in [2.24, 2.45) is 7.05 Å². The first-order chi connectivity index (χ1) is 16.7. The highest BCUT2D eigenvalue weighted by atomic mass is 32.2. The van der Waals surface area contributed by atoms with Crippen LogP contribution in [0.4, 0.5) is 9.18 Å². The van der Waals surface area contributed by atoms with Crippen LogP contribution in [0.25, 0.3) is 17.1 Å². The summed E-state index contributed by atoms with van der Waals surface area (Å²) < 4.78 is 14.7. The molecule has 11 heteroatoms. The van der Waals surface area contributed by atoms with Crippen molar-refractivity contribution in [3.63, 3.8) is 0 Å². The molecule has 4 rings (SSSR count). The van der Waals surface area contributed by atoms with E-state index in [4.69, 9.17) is 0 Å². The summed E-state index contributed by atoms with van der Waals surface area (Å²) in [5.41, 5.74) is 3.12. The number of aryl methyl sites for hydroxylation is 3. The van der Waals surface area contributed by atoms with Crippen LogP contribution >= 0.6 is 11.8 Å². The van der Waals surface area contributed by atoms with Crippen LogP contribution in [-0.2, 0) is 23.1 Å². The Morgan fingerprint density at radius 2 is 1.91 bits per heavy atom. The van der Waals surface area contributed by atoms with E-state index in [1.54, 1.807) is 11.7 Å². The molecule has 3 aromatic rings. The van der Waals surface area contributed by atoms with Crippen LogP contribution in [0.15, 0.2) is 34.0 Å². The maximum absolute atomic E-state index is 13.1. The fraction of sp³-hybridized carbons (Fsp3) is 0.292. The van der Waals surface area contributed by atoms with E-state index in [-0.39, 0.29) is 42.3 Å². The number of benzene rings is 1. The van der Waals surface area contributed by atoms with E-state index in [9.17, 15) is 23.6 Å². The summed E-state index contributed by atoms with van der Waals surface area (Å²) in [4.78, 5) is 53.8. The third kappa shape index (κ3) is 5.04. The van der Waals surface area contributed by atoms with E-state index in [0.29, 0.717) is 16.8 Å². The Morgan fingerprint density at radius 1 is 1.20 bits per heavy atom. The zero-order chi connectivity index (χ0) is 25.3. The Bertz CT molecular complexity index is 1420. The van der Waals surface area contributed by atoms with Gasteiger partial charge in [-0.2, -0.15) is 5.10 Å². The second kappa shape index (κ2) is 9.87. The molecule has 3 amide bonds. The van der Waals surface area contributed by atoms with Gasteiger partial charge in [0.1, 0.15) is 11.5 Å². The van der Waals surface area contributed by atoms with Gasteiger partial charge < -0.3 is 10.3 Å². The van der Waals surface area contributed by atoms with Crippen molar-refractivity contribution in [2.45, 2.75) is 26.7 Å². The Labute approximate surface area is 204 Å². The van der Waals surface area contributed by atoms with Crippen molar-refractivity contribution in [2.75, 3.05) is 13.1 Å². The second-order valence-corrected chi connectivity index (χ2v) is 9.22. The number of pyridine rings is 1. The topological polar surface area (TPSA) is 117 Å². The number of aromatic nitrogens is 3. The first kappa shape index (κ1) is 24.4. The highest BCUT2D eigenvalue weighted by Crippen LogP contribution is 2.31. The fourth-order valence-electron chi connectivity index (χ4n) is 4.09. The van der Waals surface area contributed by atoms with Crippen LogP contribution in [0.5, 0.6) is 0 Å². The van der Waals surface area contributed by atoms with Gasteiger partial charge in [0.2, 0.25) is 5.91 Å². The molecule has 0 radical (unpaired) electrons. The quantitative estimate of drug-likeness (QED) is 0.485. The van der Waals surface area contributed by atoms with Crippen LogP contribution in [-0.4, -0.2) is 49.8 Å². The molecule has 1 fully saturated rings. The van der Waals surface area contributed by atoms with E-state index in [0.717, 1.165) is 33.3 Å². The minimum atomic E-state index is -0.458. The standard InChI is InChI=1S/C24H24FN5O4S/c1-13-17(22(32)27-21-20(13)14(2)28-29(21)3)8-9-19(31)26-10-11-30-23(33)18(35-24(30)34)12-15-4-6-16(25)7-5-15/h4-7,12H,8-11H2,1-3H3,(H,26,31)(H,27,32)/b18-12-. The largest absolute Gasteiger partial charge is 0.354 e. The maximum Gasteiger partial charge on any atom is 0.293 e. The molecule has 0 saturated carbocycles. The van der Waals surface area contributed by atoms with E-state index < -0.39 is 17.0 Å². The Balaban J connectivity index is 1.32. The molecule has 9 nitrogen and oxygen atoms in total. The summed E-state index contributed by atoms with van der Waals surface area (Å²) in [5, 5.41) is 7.48. The van der Waals surface area contributed by atoms with E-state index in [1.807, 2.05) is 13.8 Å². The van der Waals surface area contributed by atoms with Gasteiger partial charge in [0, 0.05) is 37.5 Å². The number of rotatable bonds is 7. The van der Waals surface area contributed by atoms with Crippen LogP contribution in [0.1, 0.15) is 28.8 Å². The summed E-state index contributed by atoms with van der Waals surface area (Å²) in [6.45, 7) is 3.83. The fourth-order valence-corrected chi connectivity index (χ4v) is 4.96. The molecule has 1 saturated heterocycles. The van der Waals surface area contributed by atoms with E-state index in [2.05, 4.69) is 15.4 Å². The number of carbonyl (C=O) groups excluding carboxylic acids is 3. The normalized spacial score (nSPS) is 15.0. The molecule has 1 aliphatic heterocycles. The molecule has 0 atom stereocenters. The van der Waals surface area contributed by atoms with Crippen LogP contribution in [0.3, 0.4) is 0 Å². The molecule has 0 bridgehead atoms. The first-order valence-corrected chi connectivity index (χ1v) is 11.8. The van der Waals surface area contributed by atoms with Gasteiger partial charge in [-0.25, -0.2) is 4.39 Å². The maximum atomic E-state index is 13.1. The molecule has 1 aliphatic rings. The predicted octanol–water partition coefficient (Wildman–Crippen LogP) is 2.80. The number of thioether (sulfide) groups is 1. The highest BCUT2D eigenvalue weighted by molar-refractivity contribution is 8.18. The third-order valence-corrected chi connectivity index (χ3v) is 6.76. The van der Waals surface area contributed by atoms with Gasteiger partial charge in [-0.3, -0.25) is 28.8 Å². The average molecular weight is 498 g/mol. The highest BCUT2D eigenvalue weighted by Gasteiger charge is 2.34.